The summed E-state index contributed by atoms with van der Waals surface area (Å²) in [6.45, 7) is 6.98. The number of nitrogens with zero attached hydrogens (tertiary/aromatic N) is 3. The number of morpholine rings is 1. The molecule has 3 aromatic rings. The molecule has 0 bridgehead atoms. The number of thioether (sulfide) groups is 1. The summed E-state index contributed by atoms with van der Waals surface area (Å²) in [5.74, 6) is 1.86. The lowest BCUT2D eigenvalue weighted by Gasteiger charge is -2.28. The van der Waals surface area contributed by atoms with Crippen LogP contribution in [0.1, 0.15) is 27.4 Å². The Morgan fingerprint density at radius 2 is 1.97 bits per heavy atom. The third-order valence-corrected chi connectivity index (χ3v) is 6.15. The van der Waals surface area contributed by atoms with Crippen molar-refractivity contribution in [3.05, 3.63) is 65.2 Å². The Bertz CT molecular complexity index is 994. The Kier molecular flexibility index (Phi) is 6.35. The zero-order chi connectivity index (χ0) is 20.9. The van der Waals surface area contributed by atoms with Crippen LogP contribution in [0, 0.1) is 13.8 Å². The number of nitrogens with one attached hydrogen (secondary N) is 1. The molecule has 0 saturated carbocycles. The number of aromatic nitrogens is 2. The number of rotatable bonds is 6. The lowest BCUT2D eigenvalue weighted by molar-refractivity contribution is 0.102. The molecule has 1 aromatic carbocycles. The molecule has 1 saturated heterocycles. The Morgan fingerprint density at radius 3 is 2.67 bits per heavy atom. The fraction of sp³-hybridized carbons (Fsp3) is 0.318. The number of pyridine rings is 1. The standard InChI is InChI=1S/C22H24N4O3S/c1-15-19(16(2)29-25-15)14-30-20-6-4-3-5-18(20)22(27)24-21-8-7-17(13-23-21)26-9-11-28-12-10-26/h3-8,13H,9-12,14H2,1-2H3,(H,23,24,27). The molecular formula is C22H24N4O3S. The van der Waals surface area contributed by atoms with Crippen molar-refractivity contribution in [2.45, 2.75) is 24.5 Å². The molecule has 0 radical (unpaired) electrons. The second-order valence-corrected chi connectivity index (χ2v) is 8.06. The highest BCUT2D eigenvalue weighted by Gasteiger charge is 2.16. The van der Waals surface area contributed by atoms with Gasteiger partial charge in [0.25, 0.3) is 5.91 Å². The molecule has 8 heteroatoms. The van der Waals surface area contributed by atoms with E-state index < -0.39 is 0 Å². The number of amides is 1. The number of benzene rings is 1. The van der Waals surface area contributed by atoms with Gasteiger partial charge in [-0.15, -0.1) is 11.8 Å². The van der Waals surface area contributed by atoms with Gasteiger partial charge in [0, 0.05) is 29.3 Å². The van der Waals surface area contributed by atoms with Gasteiger partial charge < -0.3 is 19.5 Å². The fourth-order valence-electron chi connectivity index (χ4n) is 3.29. The number of hydrogen-bond acceptors (Lipinski definition) is 7. The summed E-state index contributed by atoms with van der Waals surface area (Å²) >= 11 is 1.59. The van der Waals surface area contributed by atoms with Crippen LogP contribution < -0.4 is 10.2 Å². The van der Waals surface area contributed by atoms with Gasteiger partial charge in [-0.1, -0.05) is 17.3 Å². The second kappa shape index (κ2) is 9.32. The minimum atomic E-state index is -0.177. The van der Waals surface area contributed by atoms with Gasteiger partial charge in [0.2, 0.25) is 0 Å². The third kappa shape index (κ3) is 4.66. The van der Waals surface area contributed by atoms with Crippen LogP contribution in [-0.2, 0) is 10.5 Å². The van der Waals surface area contributed by atoms with Gasteiger partial charge in [-0.05, 0) is 38.1 Å². The molecule has 1 amide bonds. The maximum Gasteiger partial charge on any atom is 0.257 e. The summed E-state index contributed by atoms with van der Waals surface area (Å²) in [6, 6.07) is 11.4. The van der Waals surface area contributed by atoms with Gasteiger partial charge in [-0.3, -0.25) is 4.79 Å². The highest BCUT2D eigenvalue weighted by Crippen LogP contribution is 2.29. The van der Waals surface area contributed by atoms with E-state index in [1.165, 1.54) is 0 Å². The molecule has 1 aliphatic rings. The largest absolute Gasteiger partial charge is 0.378 e. The summed E-state index contributed by atoms with van der Waals surface area (Å²) in [4.78, 5) is 20.4. The summed E-state index contributed by atoms with van der Waals surface area (Å²) in [5.41, 5.74) is 3.60. The molecule has 0 aliphatic carbocycles. The summed E-state index contributed by atoms with van der Waals surface area (Å²) in [6.07, 6.45) is 1.79. The molecule has 3 heterocycles. The average Bonchev–Trinajstić information content (AvgIpc) is 3.11. The Labute approximate surface area is 179 Å². The molecule has 0 atom stereocenters. The Morgan fingerprint density at radius 1 is 1.17 bits per heavy atom. The van der Waals surface area contributed by atoms with E-state index in [0.29, 0.717) is 17.1 Å². The van der Waals surface area contributed by atoms with Crippen LogP contribution in [0.15, 0.2) is 52.0 Å². The molecule has 1 N–H and O–H groups in total. The van der Waals surface area contributed by atoms with Crippen LogP contribution in [0.2, 0.25) is 0 Å². The second-order valence-electron chi connectivity index (χ2n) is 7.04. The number of hydrogen-bond donors (Lipinski definition) is 1. The van der Waals surface area contributed by atoms with E-state index in [-0.39, 0.29) is 5.91 Å². The van der Waals surface area contributed by atoms with Crippen LogP contribution in [0.3, 0.4) is 0 Å². The maximum atomic E-state index is 12.9. The molecule has 7 nitrogen and oxygen atoms in total. The van der Waals surface area contributed by atoms with E-state index in [4.69, 9.17) is 9.26 Å². The smallest absolute Gasteiger partial charge is 0.257 e. The van der Waals surface area contributed by atoms with Crippen molar-refractivity contribution in [1.29, 1.82) is 0 Å². The van der Waals surface area contributed by atoms with Crippen molar-refractivity contribution in [1.82, 2.24) is 10.1 Å². The average molecular weight is 425 g/mol. The van der Waals surface area contributed by atoms with Crippen LogP contribution in [-0.4, -0.2) is 42.4 Å². The fourth-order valence-corrected chi connectivity index (χ4v) is 4.49. The maximum absolute atomic E-state index is 12.9. The van der Waals surface area contributed by atoms with Crippen LogP contribution in [0.4, 0.5) is 11.5 Å². The Hall–Kier alpha value is -2.84. The SMILES string of the molecule is Cc1noc(C)c1CSc1ccccc1C(=O)Nc1ccc(N2CCOCC2)cn1. The summed E-state index contributed by atoms with van der Waals surface area (Å²) in [7, 11) is 0. The van der Waals surface area contributed by atoms with Crippen molar-refractivity contribution in [2.24, 2.45) is 0 Å². The third-order valence-electron chi connectivity index (χ3n) is 5.05. The zero-order valence-corrected chi connectivity index (χ0v) is 17.9. The van der Waals surface area contributed by atoms with Gasteiger partial charge in [-0.2, -0.15) is 0 Å². The van der Waals surface area contributed by atoms with Gasteiger partial charge in [0.05, 0.1) is 36.4 Å². The first kappa shape index (κ1) is 20.4. The zero-order valence-electron chi connectivity index (χ0n) is 17.1. The topological polar surface area (TPSA) is 80.5 Å². The number of carbonyl (C=O) groups is 1. The number of anilines is 2. The van der Waals surface area contributed by atoms with Gasteiger partial charge in [0.15, 0.2) is 0 Å². The van der Waals surface area contributed by atoms with Crippen molar-refractivity contribution in [3.63, 3.8) is 0 Å². The molecule has 30 heavy (non-hydrogen) atoms. The van der Waals surface area contributed by atoms with Crippen LogP contribution >= 0.6 is 11.8 Å². The van der Waals surface area contributed by atoms with E-state index in [2.05, 4.69) is 20.4 Å². The monoisotopic (exact) mass is 424 g/mol. The van der Waals surface area contributed by atoms with Gasteiger partial charge in [0.1, 0.15) is 11.6 Å². The van der Waals surface area contributed by atoms with E-state index in [1.54, 1.807) is 18.0 Å². The van der Waals surface area contributed by atoms with Crippen molar-refractivity contribution in [2.75, 3.05) is 36.5 Å². The Balaban J connectivity index is 1.43. The minimum Gasteiger partial charge on any atom is -0.378 e. The first-order valence-electron chi connectivity index (χ1n) is 9.85. The van der Waals surface area contributed by atoms with E-state index >= 15 is 0 Å². The molecule has 2 aromatic heterocycles. The molecular weight excluding hydrogens is 400 g/mol. The van der Waals surface area contributed by atoms with E-state index in [1.807, 2.05) is 50.2 Å². The van der Waals surface area contributed by atoms with E-state index in [0.717, 1.165) is 53.9 Å². The van der Waals surface area contributed by atoms with Crippen molar-refractivity contribution >= 4 is 29.2 Å². The first-order valence-corrected chi connectivity index (χ1v) is 10.8. The normalized spacial score (nSPS) is 14.0. The number of aryl methyl sites for hydroxylation is 2. The first-order chi connectivity index (χ1) is 14.6. The molecule has 1 aliphatic heterocycles. The van der Waals surface area contributed by atoms with E-state index in [9.17, 15) is 4.79 Å². The highest BCUT2D eigenvalue weighted by atomic mass is 32.2. The summed E-state index contributed by atoms with van der Waals surface area (Å²) < 4.78 is 10.6. The van der Waals surface area contributed by atoms with Gasteiger partial charge in [-0.25, -0.2) is 4.98 Å². The predicted molar refractivity (Wildman–Crippen MR) is 117 cm³/mol. The molecule has 0 unspecified atom stereocenters. The predicted octanol–water partition coefficient (Wildman–Crippen LogP) is 4.07. The lowest BCUT2D eigenvalue weighted by Crippen LogP contribution is -2.36. The van der Waals surface area contributed by atoms with Crippen LogP contribution in [0.25, 0.3) is 0 Å². The highest BCUT2D eigenvalue weighted by molar-refractivity contribution is 7.98. The number of ether oxygens (including phenoxy) is 1. The van der Waals surface area contributed by atoms with Gasteiger partial charge >= 0.3 is 0 Å². The summed E-state index contributed by atoms with van der Waals surface area (Å²) in [5, 5.41) is 6.90. The lowest BCUT2D eigenvalue weighted by atomic mass is 10.2. The quantitative estimate of drug-likeness (QED) is 0.598. The molecule has 156 valence electrons. The molecule has 1 fully saturated rings. The van der Waals surface area contributed by atoms with Crippen molar-refractivity contribution in [3.8, 4) is 0 Å². The van der Waals surface area contributed by atoms with Crippen LogP contribution in [0.5, 0.6) is 0 Å². The minimum absolute atomic E-state index is 0.177. The molecule has 0 spiro atoms. The van der Waals surface area contributed by atoms with Crippen molar-refractivity contribution < 1.29 is 14.1 Å². The number of carbonyl (C=O) groups excluding carboxylic acids is 1. The molecule has 4 rings (SSSR count).